The zero-order chi connectivity index (χ0) is 18.7. The summed E-state index contributed by atoms with van der Waals surface area (Å²) in [5.41, 5.74) is 4.24. The lowest BCUT2D eigenvalue weighted by Gasteiger charge is -2.16. The molecule has 0 saturated carbocycles. The van der Waals surface area contributed by atoms with Crippen LogP contribution < -0.4 is 5.32 Å². The van der Waals surface area contributed by atoms with Crippen molar-refractivity contribution in [3.8, 4) is 0 Å². The molecule has 0 amide bonds. The smallest absolute Gasteiger partial charge is 0.341 e. The molecule has 5 nitrogen and oxygen atoms in total. The van der Waals surface area contributed by atoms with Crippen LogP contribution in [-0.2, 0) is 4.74 Å². The molecule has 142 valence electrons. The molecule has 2 heterocycles. The van der Waals surface area contributed by atoms with Gasteiger partial charge in [0, 0.05) is 28.0 Å². The molecular formula is C20H21Cl2N3O2. The van der Waals surface area contributed by atoms with Crippen LogP contribution in [0.2, 0.25) is 5.02 Å². The van der Waals surface area contributed by atoms with Gasteiger partial charge >= 0.3 is 5.97 Å². The maximum absolute atomic E-state index is 12.5. The number of anilines is 2. The molecule has 3 aromatic rings. The van der Waals surface area contributed by atoms with Gasteiger partial charge < -0.3 is 10.1 Å². The number of aryl methyl sites for hydroxylation is 2. The maximum Gasteiger partial charge on any atom is 0.341 e. The molecule has 0 aliphatic rings. The number of nitrogens with one attached hydrogen (secondary N) is 1. The number of benzene rings is 1. The van der Waals surface area contributed by atoms with E-state index in [9.17, 15) is 4.79 Å². The van der Waals surface area contributed by atoms with Crippen molar-refractivity contribution in [3.63, 3.8) is 0 Å². The van der Waals surface area contributed by atoms with Crippen molar-refractivity contribution in [2.75, 3.05) is 11.9 Å². The highest BCUT2D eigenvalue weighted by atomic mass is 35.5. The molecule has 27 heavy (non-hydrogen) atoms. The van der Waals surface area contributed by atoms with E-state index in [1.165, 1.54) is 6.20 Å². The van der Waals surface area contributed by atoms with Gasteiger partial charge in [-0.15, -0.1) is 12.4 Å². The monoisotopic (exact) mass is 405 g/mol. The van der Waals surface area contributed by atoms with Crippen molar-refractivity contribution in [2.24, 2.45) is 0 Å². The summed E-state index contributed by atoms with van der Waals surface area (Å²) >= 11 is 6.14. The van der Waals surface area contributed by atoms with E-state index in [0.717, 1.165) is 28.8 Å². The number of carbonyl (C=O) groups excluding carboxylic acids is 1. The Morgan fingerprint density at radius 1 is 1.22 bits per heavy atom. The van der Waals surface area contributed by atoms with Gasteiger partial charge in [-0.3, -0.25) is 0 Å². The summed E-state index contributed by atoms with van der Waals surface area (Å²) < 4.78 is 5.32. The predicted octanol–water partition coefficient (Wildman–Crippen LogP) is 5.63. The van der Waals surface area contributed by atoms with Crippen LogP contribution in [0.1, 0.15) is 35.0 Å². The number of nitrogens with zero attached hydrogens (tertiary/aromatic N) is 2. The number of carbonyl (C=O) groups is 1. The molecule has 0 saturated heterocycles. The number of esters is 1. The molecule has 7 heteroatoms. The Bertz CT molecular complexity index is 977. The minimum Gasteiger partial charge on any atom is -0.462 e. The molecule has 3 rings (SSSR count). The summed E-state index contributed by atoms with van der Waals surface area (Å²) in [5, 5.41) is 4.70. The van der Waals surface area contributed by atoms with E-state index < -0.39 is 5.97 Å². The third-order valence-corrected chi connectivity index (χ3v) is 4.22. The Morgan fingerprint density at radius 3 is 2.74 bits per heavy atom. The van der Waals surface area contributed by atoms with Crippen molar-refractivity contribution in [3.05, 3.63) is 58.4 Å². The van der Waals surface area contributed by atoms with Crippen LogP contribution in [0.3, 0.4) is 0 Å². The molecule has 0 spiro atoms. The number of pyridine rings is 2. The Hall–Kier alpha value is -2.37. The minimum absolute atomic E-state index is 0. The normalized spacial score (nSPS) is 10.4. The minimum atomic E-state index is -0.413. The van der Waals surface area contributed by atoms with Crippen molar-refractivity contribution in [2.45, 2.75) is 27.2 Å². The molecule has 0 aliphatic carbocycles. The van der Waals surface area contributed by atoms with Gasteiger partial charge in [0.05, 0.1) is 12.3 Å². The first-order chi connectivity index (χ1) is 12.5. The van der Waals surface area contributed by atoms with Crippen molar-refractivity contribution >= 4 is 52.4 Å². The lowest BCUT2D eigenvalue weighted by molar-refractivity contribution is 0.0506. The molecular weight excluding hydrogens is 385 g/mol. The van der Waals surface area contributed by atoms with Gasteiger partial charge in [0.2, 0.25) is 0 Å². The van der Waals surface area contributed by atoms with E-state index in [1.54, 1.807) is 0 Å². The first-order valence-corrected chi connectivity index (χ1v) is 8.84. The van der Waals surface area contributed by atoms with E-state index in [1.807, 2.05) is 51.1 Å². The van der Waals surface area contributed by atoms with Crippen molar-refractivity contribution in [1.82, 2.24) is 9.97 Å². The molecule has 1 N–H and O–H groups in total. The quantitative estimate of drug-likeness (QED) is 0.556. The van der Waals surface area contributed by atoms with E-state index in [0.29, 0.717) is 28.5 Å². The Kier molecular flexibility index (Phi) is 6.99. The van der Waals surface area contributed by atoms with Crippen LogP contribution in [-0.4, -0.2) is 22.5 Å². The maximum atomic E-state index is 12.5. The highest BCUT2D eigenvalue weighted by molar-refractivity contribution is 6.31. The lowest BCUT2D eigenvalue weighted by Crippen LogP contribution is -2.10. The van der Waals surface area contributed by atoms with Crippen LogP contribution in [0.25, 0.3) is 11.0 Å². The van der Waals surface area contributed by atoms with E-state index in [2.05, 4.69) is 15.3 Å². The predicted molar refractivity (Wildman–Crippen MR) is 112 cm³/mol. The Balaban J connectivity index is 0.00000261. The van der Waals surface area contributed by atoms with Gasteiger partial charge in [-0.05, 0) is 50.1 Å². The third-order valence-electron chi connectivity index (χ3n) is 3.99. The average molecular weight is 406 g/mol. The summed E-state index contributed by atoms with van der Waals surface area (Å²) in [4.78, 5) is 21.3. The van der Waals surface area contributed by atoms with Gasteiger partial charge in [-0.2, -0.15) is 0 Å². The number of halogens is 2. The second kappa shape index (κ2) is 9.02. The van der Waals surface area contributed by atoms with Crippen LogP contribution in [0.5, 0.6) is 0 Å². The third kappa shape index (κ3) is 4.67. The number of aromatic nitrogens is 2. The van der Waals surface area contributed by atoms with Crippen molar-refractivity contribution < 1.29 is 9.53 Å². The second-order valence-corrected chi connectivity index (χ2v) is 6.53. The zero-order valence-electron chi connectivity index (χ0n) is 15.4. The van der Waals surface area contributed by atoms with Gasteiger partial charge in [0.15, 0.2) is 5.65 Å². The largest absolute Gasteiger partial charge is 0.462 e. The summed E-state index contributed by atoms with van der Waals surface area (Å²) in [7, 11) is 0. The SMILES string of the molecule is CCCOC(=O)c1cnc2nc(C)ccc2c1Nc1cc(Cl)ccc1C.Cl. The van der Waals surface area contributed by atoms with Crippen molar-refractivity contribution in [1.29, 1.82) is 0 Å². The summed E-state index contributed by atoms with van der Waals surface area (Å²) in [5.74, 6) is -0.413. The average Bonchev–Trinajstić information content (AvgIpc) is 2.62. The van der Waals surface area contributed by atoms with Crippen LogP contribution in [0.15, 0.2) is 36.5 Å². The first kappa shape index (κ1) is 20.9. The van der Waals surface area contributed by atoms with E-state index >= 15 is 0 Å². The molecule has 0 unspecified atom stereocenters. The molecule has 1 aromatic carbocycles. The summed E-state index contributed by atoms with van der Waals surface area (Å²) in [6.45, 7) is 6.18. The van der Waals surface area contributed by atoms with Gasteiger partial charge in [-0.25, -0.2) is 14.8 Å². The van der Waals surface area contributed by atoms with Crippen LogP contribution in [0, 0.1) is 13.8 Å². The molecule has 0 atom stereocenters. The summed E-state index contributed by atoms with van der Waals surface area (Å²) in [6, 6.07) is 9.37. The highest BCUT2D eigenvalue weighted by Gasteiger charge is 2.18. The number of rotatable bonds is 5. The molecule has 0 radical (unpaired) electrons. The van der Waals surface area contributed by atoms with Gasteiger partial charge in [0.25, 0.3) is 0 Å². The number of fused-ring (bicyclic) bond motifs is 1. The first-order valence-electron chi connectivity index (χ1n) is 8.46. The fourth-order valence-corrected chi connectivity index (χ4v) is 2.77. The lowest BCUT2D eigenvalue weighted by atomic mass is 10.1. The van der Waals surface area contributed by atoms with Gasteiger partial charge in [-0.1, -0.05) is 24.6 Å². The van der Waals surface area contributed by atoms with E-state index in [4.69, 9.17) is 16.3 Å². The molecule has 0 fully saturated rings. The second-order valence-electron chi connectivity index (χ2n) is 6.09. The summed E-state index contributed by atoms with van der Waals surface area (Å²) in [6.07, 6.45) is 2.26. The van der Waals surface area contributed by atoms with Crippen LogP contribution >= 0.6 is 24.0 Å². The van der Waals surface area contributed by atoms with Crippen LogP contribution in [0.4, 0.5) is 11.4 Å². The number of hydrogen-bond acceptors (Lipinski definition) is 5. The standard InChI is InChI=1S/C20H20ClN3O2.ClH/c1-4-9-26-20(25)16-11-22-19-15(8-6-13(3)23-19)18(16)24-17-10-14(21)7-5-12(17)2;/h5-8,10-11H,4,9H2,1-3H3,(H,22,23,24);1H. The number of ether oxygens (including phenoxy) is 1. The Morgan fingerprint density at radius 2 is 2.00 bits per heavy atom. The molecule has 0 bridgehead atoms. The number of hydrogen-bond donors (Lipinski definition) is 1. The zero-order valence-corrected chi connectivity index (χ0v) is 16.9. The fourth-order valence-electron chi connectivity index (χ4n) is 2.60. The Labute approximate surface area is 169 Å². The molecule has 0 aliphatic heterocycles. The van der Waals surface area contributed by atoms with Gasteiger partial charge in [0.1, 0.15) is 5.56 Å². The fraction of sp³-hybridized carbons (Fsp3) is 0.250. The topological polar surface area (TPSA) is 64.1 Å². The highest BCUT2D eigenvalue weighted by Crippen LogP contribution is 2.31. The molecule has 2 aromatic heterocycles. The van der Waals surface area contributed by atoms with E-state index in [-0.39, 0.29) is 12.4 Å².